The molecule has 0 unspecified atom stereocenters. The Morgan fingerprint density at radius 2 is 1.07 bits per heavy atom. The van der Waals surface area contributed by atoms with Gasteiger partial charge >= 0.3 is 30.2 Å². The van der Waals surface area contributed by atoms with E-state index in [9.17, 15) is 0 Å². The van der Waals surface area contributed by atoms with Gasteiger partial charge in [0, 0.05) is 0 Å². The van der Waals surface area contributed by atoms with Crippen molar-refractivity contribution in [2.75, 3.05) is 0 Å². The Morgan fingerprint density at radius 1 is 0.511 bits per heavy atom. The zero-order valence-corrected chi connectivity index (χ0v) is 31.5. The summed E-state index contributed by atoms with van der Waals surface area (Å²) < 4.78 is 0. The third-order valence-corrected chi connectivity index (χ3v) is 8.08. The third kappa shape index (κ3) is 7.37. The normalized spacial score (nSPS) is 10.0. The maximum absolute atomic E-state index is 3.06. The van der Waals surface area contributed by atoms with E-state index in [0.717, 1.165) is 0 Å². The van der Waals surface area contributed by atoms with Crippen LogP contribution < -0.4 is 0 Å². The minimum absolute atomic E-state index is 0. The average molecular weight is 721 g/mol. The Morgan fingerprint density at radius 3 is 1.69 bits per heavy atom. The van der Waals surface area contributed by atoms with Gasteiger partial charge in [-0.25, -0.2) is 0 Å². The van der Waals surface area contributed by atoms with Crippen molar-refractivity contribution < 1.29 is 23.3 Å². The molecule has 8 aromatic rings. The average Bonchev–Trinajstić information content (AvgIpc) is 3.57. The van der Waals surface area contributed by atoms with Crippen LogP contribution in [0.1, 0.15) is 16.7 Å². The van der Waals surface area contributed by atoms with Crippen molar-refractivity contribution in [2.45, 2.75) is 20.8 Å². The van der Waals surface area contributed by atoms with Gasteiger partial charge in [-0.3, -0.25) is 0 Å². The van der Waals surface area contributed by atoms with E-state index in [1.54, 1.807) is 0 Å². The van der Waals surface area contributed by atoms with Crippen molar-refractivity contribution in [3.05, 3.63) is 159 Å². The molecule has 0 N–H and O–H groups in total. The van der Waals surface area contributed by atoms with Crippen LogP contribution in [0.3, 0.4) is 0 Å². The predicted molar refractivity (Wildman–Crippen MR) is 204 cm³/mol. The summed E-state index contributed by atoms with van der Waals surface area (Å²) in [7, 11) is 0. The Bertz CT molecular complexity index is 2130. The van der Waals surface area contributed by atoms with E-state index in [1.807, 2.05) is 0 Å². The molecular weight excluding hydrogens is 683 g/mol. The fourth-order valence-corrected chi connectivity index (χ4v) is 6.21. The first-order valence-electron chi connectivity index (χ1n) is 13.9. The molecular formula is C41H38Cl2SiZr-4. The zero-order chi connectivity index (χ0) is 28.5. The van der Waals surface area contributed by atoms with Crippen molar-refractivity contribution in [2.24, 2.45) is 0 Å². The van der Waals surface area contributed by atoms with E-state index in [1.165, 1.54) is 105 Å². The molecule has 8 aromatic carbocycles. The summed E-state index contributed by atoms with van der Waals surface area (Å²) in [4.78, 5) is 0. The molecule has 0 aliphatic rings. The molecule has 2 radical (unpaired) electrons. The number of benzene rings is 6. The van der Waals surface area contributed by atoms with Crippen molar-refractivity contribution in [1.29, 1.82) is 0 Å². The van der Waals surface area contributed by atoms with E-state index in [0.29, 0.717) is 0 Å². The van der Waals surface area contributed by atoms with Gasteiger partial charge in [-0.05, 0) is 47.0 Å². The Balaban J connectivity index is 0.000000295. The van der Waals surface area contributed by atoms with Gasteiger partial charge in [0.2, 0.25) is 0 Å². The van der Waals surface area contributed by atoms with Crippen molar-refractivity contribution in [3.63, 3.8) is 0 Å². The SMILES string of the molecule is Cc1c[cH-]c2cccc(-c3cc4ccccc4c4ccccc34)c12.Cc1ccc2c(c1)[cH-]c1cc(C)ccc12.Cl.Cl.[CH3-].[CH3-].[Si]=[Zr]. The number of hydrogen-bond donors (Lipinski definition) is 0. The molecule has 0 heterocycles. The number of halogens is 2. The Hall–Kier alpha value is -3.00. The molecule has 0 spiro atoms. The molecule has 0 amide bonds. The van der Waals surface area contributed by atoms with Gasteiger partial charge in [-0.1, -0.05) is 102 Å². The molecule has 0 aliphatic heterocycles. The topological polar surface area (TPSA) is 0 Å². The van der Waals surface area contributed by atoms with Gasteiger partial charge in [-0.2, -0.15) is 11.6 Å². The molecule has 0 atom stereocenters. The van der Waals surface area contributed by atoms with Crippen LogP contribution in [-0.4, -0.2) is 6.88 Å². The molecule has 0 fully saturated rings. The van der Waals surface area contributed by atoms with Crippen LogP contribution >= 0.6 is 24.8 Å². The summed E-state index contributed by atoms with van der Waals surface area (Å²) in [5.41, 5.74) is 6.66. The Labute approximate surface area is 297 Å². The molecule has 0 aliphatic carbocycles. The van der Waals surface area contributed by atoms with Crippen molar-refractivity contribution in [1.82, 2.24) is 0 Å². The monoisotopic (exact) mass is 718 g/mol. The summed E-state index contributed by atoms with van der Waals surface area (Å²) in [5.74, 6) is 0. The quantitative estimate of drug-likeness (QED) is 0.0900. The minimum atomic E-state index is 0. The molecule has 228 valence electrons. The van der Waals surface area contributed by atoms with Gasteiger partial charge in [0.1, 0.15) is 0 Å². The van der Waals surface area contributed by atoms with Gasteiger partial charge in [-0.15, -0.1) is 93.5 Å². The molecule has 8 rings (SSSR count). The fourth-order valence-electron chi connectivity index (χ4n) is 6.21. The van der Waals surface area contributed by atoms with Crippen LogP contribution in [0.15, 0.2) is 127 Å². The summed E-state index contributed by atoms with van der Waals surface area (Å²) in [6.45, 7) is 9.55. The second kappa shape index (κ2) is 16.5. The van der Waals surface area contributed by atoms with Crippen LogP contribution in [0.5, 0.6) is 0 Å². The van der Waals surface area contributed by atoms with E-state index in [4.69, 9.17) is 0 Å². The van der Waals surface area contributed by atoms with E-state index in [-0.39, 0.29) is 39.7 Å². The molecule has 0 bridgehead atoms. The fraction of sp³-hybridized carbons (Fsp3) is 0.0732. The van der Waals surface area contributed by atoms with E-state index < -0.39 is 0 Å². The maximum atomic E-state index is 3.06. The molecule has 0 nitrogen and oxygen atoms in total. The Kier molecular flexibility index (Phi) is 14.0. The second-order valence-electron chi connectivity index (χ2n) is 10.8. The van der Waals surface area contributed by atoms with Crippen molar-refractivity contribution >= 4 is 85.6 Å². The molecule has 45 heavy (non-hydrogen) atoms. The number of fused-ring (bicyclic) bond motifs is 7. The predicted octanol–water partition coefficient (Wildman–Crippen LogP) is 12.5. The number of rotatable bonds is 1. The molecule has 4 heteroatoms. The zero-order valence-electron chi connectivity index (χ0n) is 26.4. The molecule has 0 aromatic heterocycles. The summed E-state index contributed by atoms with van der Waals surface area (Å²) >= 11 is 1.36. The first kappa shape index (κ1) is 38.2. The first-order chi connectivity index (χ1) is 20.1. The number of hydrogen-bond acceptors (Lipinski definition) is 0. The van der Waals surface area contributed by atoms with Crippen LogP contribution in [0.2, 0.25) is 0 Å². The van der Waals surface area contributed by atoms with Crippen LogP contribution in [0.25, 0.3) is 65.0 Å². The van der Waals surface area contributed by atoms with Crippen LogP contribution in [-0.2, 0) is 23.3 Å². The summed E-state index contributed by atoms with van der Waals surface area (Å²) in [5, 5.41) is 13.4. The third-order valence-electron chi connectivity index (χ3n) is 8.08. The summed E-state index contributed by atoms with van der Waals surface area (Å²) in [6, 6.07) is 46.4. The van der Waals surface area contributed by atoms with Crippen molar-refractivity contribution in [3.8, 4) is 11.1 Å². The molecule has 0 saturated carbocycles. The van der Waals surface area contributed by atoms with Gasteiger partial charge in [0.05, 0.1) is 0 Å². The van der Waals surface area contributed by atoms with E-state index in [2.05, 4.69) is 155 Å². The van der Waals surface area contributed by atoms with Gasteiger partial charge in [0.25, 0.3) is 0 Å². The van der Waals surface area contributed by atoms with Crippen LogP contribution in [0.4, 0.5) is 0 Å². The summed E-state index contributed by atoms with van der Waals surface area (Å²) in [6.07, 6.45) is 0. The van der Waals surface area contributed by atoms with E-state index >= 15 is 0 Å². The van der Waals surface area contributed by atoms with Crippen LogP contribution in [0, 0.1) is 35.6 Å². The first-order valence-corrected chi connectivity index (χ1v) is 18.1. The molecule has 0 saturated heterocycles. The standard InChI is InChI=1S/C24H17.C15H13.2CH3.2ClH.Si.Zr/c1-16-13-14-17-8-6-12-22(24(16)17)23-15-18-7-2-3-9-19(18)20-10-4-5-11-21(20)23;1-10-3-5-14-12(7-10)9-13-8-11(2)4-6-15(13)14;;;;;;/h2-15H,1H3;3-9H,1-2H3;2*1H3;2*1H;;/q4*-1;;;;. The van der Waals surface area contributed by atoms with Gasteiger partial charge in [0.15, 0.2) is 0 Å². The second-order valence-corrected chi connectivity index (χ2v) is 10.8. The number of aryl methyl sites for hydroxylation is 3. The van der Waals surface area contributed by atoms with Gasteiger partial charge < -0.3 is 14.9 Å².